The minimum Gasteiger partial charge on any atom is -0.486 e. The number of amides is 1. The van der Waals surface area contributed by atoms with Crippen molar-refractivity contribution in [3.63, 3.8) is 0 Å². The van der Waals surface area contributed by atoms with Crippen LogP contribution in [-0.2, 0) is 17.9 Å². The van der Waals surface area contributed by atoms with Gasteiger partial charge in [-0.15, -0.1) is 11.3 Å². The summed E-state index contributed by atoms with van der Waals surface area (Å²) in [5.41, 5.74) is 2.02. The average Bonchev–Trinajstić information content (AvgIpc) is 3.43. The Balaban J connectivity index is 1.64. The minimum absolute atomic E-state index is 0.146. The van der Waals surface area contributed by atoms with E-state index in [1.807, 2.05) is 23.6 Å². The Morgan fingerprint density at radius 3 is 2.80 bits per heavy atom. The molecule has 0 saturated heterocycles. The minimum atomic E-state index is -0.146. The van der Waals surface area contributed by atoms with Crippen molar-refractivity contribution in [2.75, 3.05) is 20.3 Å². The third-order valence-corrected chi connectivity index (χ3v) is 5.51. The lowest BCUT2D eigenvalue weighted by Crippen LogP contribution is -2.32. The van der Waals surface area contributed by atoms with Crippen molar-refractivity contribution in [2.24, 2.45) is 0 Å². The highest BCUT2D eigenvalue weighted by Crippen LogP contribution is 2.27. The van der Waals surface area contributed by atoms with Crippen LogP contribution in [0.5, 0.6) is 5.75 Å². The number of carbonyl (C=O) groups is 1. The number of hydrogen-bond donors (Lipinski definition) is 0. The molecule has 0 aliphatic heterocycles. The molecule has 0 fully saturated rings. The van der Waals surface area contributed by atoms with E-state index in [1.165, 1.54) is 11.8 Å². The van der Waals surface area contributed by atoms with E-state index in [0.29, 0.717) is 38.0 Å². The highest BCUT2D eigenvalue weighted by molar-refractivity contribution is 7.09. The molecule has 0 unspecified atom stereocenters. The molecule has 7 heteroatoms. The Labute approximate surface area is 181 Å². The van der Waals surface area contributed by atoms with E-state index in [0.717, 1.165) is 22.9 Å². The summed E-state index contributed by atoms with van der Waals surface area (Å²) in [6, 6.07) is 11.5. The molecule has 0 N–H and O–H groups in total. The fourth-order valence-electron chi connectivity index (χ4n) is 3.12. The standard InChI is InChI=1S/C23H28N2O4S/c1-17(2)19-8-4-5-9-20(19)29-15-22-24-18(16-30-22)14-25(11-7-12-27-3)23(26)21-10-6-13-28-21/h4-6,8-10,13,16-17H,7,11-12,14-15H2,1-3H3. The van der Waals surface area contributed by atoms with Crippen LogP contribution in [-0.4, -0.2) is 36.1 Å². The van der Waals surface area contributed by atoms with Crippen LogP contribution in [0.25, 0.3) is 0 Å². The van der Waals surface area contributed by atoms with E-state index in [9.17, 15) is 4.79 Å². The van der Waals surface area contributed by atoms with Crippen LogP contribution in [0, 0.1) is 0 Å². The average molecular weight is 429 g/mol. The zero-order chi connectivity index (χ0) is 21.3. The summed E-state index contributed by atoms with van der Waals surface area (Å²) in [5.74, 6) is 1.46. The van der Waals surface area contributed by atoms with Crippen LogP contribution in [0.15, 0.2) is 52.5 Å². The number of ether oxygens (including phenoxy) is 2. The molecule has 2 aromatic heterocycles. The predicted molar refractivity (Wildman–Crippen MR) is 117 cm³/mol. The molecule has 0 spiro atoms. The summed E-state index contributed by atoms with van der Waals surface area (Å²) in [4.78, 5) is 19.2. The smallest absolute Gasteiger partial charge is 0.289 e. The first-order valence-corrected chi connectivity index (χ1v) is 10.9. The number of aromatic nitrogens is 1. The second-order valence-electron chi connectivity index (χ2n) is 7.26. The Hall–Kier alpha value is -2.64. The summed E-state index contributed by atoms with van der Waals surface area (Å²) in [7, 11) is 1.66. The Kier molecular flexibility index (Phi) is 8.04. The monoisotopic (exact) mass is 428 g/mol. The van der Waals surface area contributed by atoms with Gasteiger partial charge in [0.05, 0.1) is 18.5 Å². The van der Waals surface area contributed by atoms with Gasteiger partial charge < -0.3 is 18.8 Å². The molecule has 0 radical (unpaired) electrons. The van der Waals surface area contributed by atoms with Gasteiger partial charge in [0.1, 0.15) is 17.4 Å². The van der Waals surface area contributed by atoms with E-state index in [2.05, 4.69) is 24.9 Å². The predicted octanol–water partition coefficient (Wildman–Crippen LogP) is 5.12. The first kappa shape index (κ1) is 22.1. The van der Waals surface area contributed by atoms with Crippen LogP contribution >= 0.6 is 11.3 Å². The topological polar surface area (TPSA) is 64.8 Å². The van der Waals surface area contributed by atoms with Gasteiger partial charge in [-0.25, -0.2) is 4.98 Å². The third-order valence-electron chi connectivity index (χ3n) is 4.64. The Morgan fingerprint density at radius 1 is 1.23 bits per heavy atom. The number of thiazole rings is 1. The number of rotatable bonds is 11. The van der Waals surface area contributed by atoms with Gasteiger partial charge in [-0.05, 0) is 36.1 Å². The van der Waals surface area contributed by atoms with E-state index in [-0.39, 0.29) is 5.91 Å². The normalized spacial score (nSPS) is 11.1. The van der Waals surface area contributed by atoms with Crippen LogP contribution in [0.2, 0.25) is 0 Å². The first-order chi connectivity index (χ1) is 14.6. The lowest BCUT2D eigenvalue weighted by Gasteiger charge is -2.20. The highest BCUT2D eigenvalue weighted by atomic mass is 32.1. The lowest BCUT2D eigenvalue weighted by molar-refractivity contribution is 0.0689. The number of nitrogens with zero attached hydrogens (tertiary/aromatic N) is 2. The molecular formula is C23H28N2O4S. The SMILES string of the molecule is COCCCN(Cc1csc(COc2ccccc2C(C)C)n1)C(=O)c1ccco1. The number of carbonyl (C=O) groups excluding carboxylic acids is 1. The largest absolute Gasteiger partial charge is 0.486 e. The summed E-state index contributed by atoms with van der Waals surface area (Å²) in [6.07, 6.45) is 2.25. The number of methoxy groups -OCH3 is 1. The van der Waals surface area contributed by atoms with Gasteiger partial charge in [0, 0.05) is 25.6 Å². The van der Waals surface area contributed by atoms with Gasteiger partial charge in [-0.3, -0.25) is 4.79 Å². The van der Waals surface area contributed by atoms with E-state index < -0.39 is 0 Å². The maximum atomic E-state index is 12.8. The summed E-state index contributed by atoms with van der Waals surface area (Å²) in [6.45, 7) is 6.29. The fourth-order valence-corrected chi connectivity index (χ4v) is 3.82. The highest BCUT2D eigenvalue weighted by Gasteiger charge is 2.19. The van der Waals surface area contributed by atoms with E-state index in [4.69, 9.17) is 13.9 Å². The third kappa shape index (κ3) is 5.93. The molecule has 3 aromatic rings. The summed E-state index contributed by atoms with van der Waals surface area (Å²) < 4.78 is 16.4. The molecule has 30 heavy (non-hydrogen) atoms. The lowest BCUT2D eigenvalue weighted by atomic mass is 10.0. The second kappa shape index (κ2) is 10.9. The van der Waals surface area contributed by atoms with E-state index >= 15 is 0 Å². The van der Waals surface area contributed by atoms with Gasteiger partial charge in [0.25, 0.3) is 5.91 Å². The number of furan rings is 1. The molecule has 0 aliphatic carbocycles. The molecule has 160 valence electrons. The number of hydrogen-bond acceptors (Lipinski definition) is 6. The van der Waals surface area contributed by atoms with Crippen LogP contribution < -0.4 is 4.74 Å². The number of para-hydroxylation sites is 1. The van der Waals surface area contributed by atoms with E-state index in [1.54, 1.807) is 35.5 Å². The maximum absolute atomic E-state index is 12.8. The molecule has 0 bridgehead atoms. The zero-order valence-electron chi connectivity index (χ0n) is 17.7. The van der Waals surface area contributed by atoms with Crippen molar-refractivity contribution in [3.8, 4) is 5.75 Å². The molecule has 6 nitrogen and oxygen atoms in total. The van der Waals surface area contributed by atoms with Crippen LogP contribution in [0.3, 0.4) is 0 Å². The van der Waals surface area contributed by atoms with Gasteiger partial charge in [-0.2, -0.15) is 0 Å². The molecule has 0 saturated carbocycles. The quantitative estimate of drug-likeness (QED) is 0.397. The second-order valence-corrected chi connectivity index (χ2v) is 8.21. The molecule has 0 atom stereocenters. The van der Waals surface area contributed by atoms with Crippen molar-refractivity contribution in [2.45, 2.75) is 39.3 Å². The van der Waals surface area contributed by atoms with Crippen molar-refractivity contribution in [1.29, 1.82) is 0 Å². The van der Waals surface area contributed by atoms with Gasteiger partial charge >= 0.3 is 0 Å². The molecule has 2 heterocycles. The van der Waals surface area contributed by atoms with Crippen molar-refractivity contribution < 1.29 is 18.7 Å². The molecule has 1 amide bonds. The molecule has 0 aliphatic rings. The zero-order valence-corrected chi connectivity index (χ0v) is 18.5. The van der Waals surface area contributed by atoms with Gasteiger partial charge in [-0.1, -0.05) is 32.0 Å². The van der Waals surface area contributed by atoms with Crippen molar-refractivity contribution >= 4 is 17.2 Å². The molecule has 3 rings (SSSR count). The Bertz CT molecular complexity index is 921. The summed E-state index contributed by atoms with van der Waals surface area (Å²) >= 11 is 1.54. The molecular weight excluding hydrogens is 400 g/mol. The fraction of sp³-hybridized carbons (Fsp3) is 0.391. The van der Waals surface area contributed by atoms with Gasteiger partial charge in [0.2, 0.25) is 0 Å². The van der Waals surface area contributed by atoms with Crippen molar-refractivity contribution in [1.82, 2.24) is 9.88 Å². The maximum Gasteiger partial charge on any atom is 0.289 e. The number of benzene rings is 1. The first-order valence-electron chi connectivity index (χ1n) is 10.0. The Morgan fingerprint density at radius 2 is 2.07 bits per heavy atom. The molecule has 1 aromatic carbocycles. The summed E-state index contributed by atoms with van der Waals surface area (Å²) in [5, 5.41) is 2.86. The van der Waals surface area contributed by atoms with Gasteiger partial charge in [0.15, 0.2) is 5.76 Å². The van der Waals surface area contributed by atoms with Crippen LogP contribution in [0.4, 0.5) is 0 Å². The van der Waals surface area contributed by atoms with Crippen LogP contribution in [0.1, 0.15) is 53.0 Å². The van der Waals surface area contributed by atoms with Crippen molar-refractivity contribution in [3.05, 3.63) is 70.1 Å².